The van der Waals surface area contributed by atoms with Gasteiger partial charge in [-0.05, 0) is 13.0 Å². The summed E-state index contributed by atoms with van der Waals surface area (Å²) in [6.45, 7) is 1.52. The van der Waals surface area contributed by atoms with Gasteiger partial charge in [0.15, 0.2) is 6.20 Å². The van der Waals surface area contributed by atoms with Crippen LogP contribution in [0.3, 0.4) is 0 Å². The van der Waals surface area contributed by atoms with Crippen LogP contribution in [0.15, 0.2) is 18.3 Å². The number of nitro groups is 1. The Balaban J connectivity index is 3.32. The Morgan fingerprint density at radius 2 is 2.27 bits per heavy atom. The summed E-state index contributed by atoms with van der Waals surface area (Å²) >= 11 is 0. The molecule has 0 N–H and O–H groups in total. The van der Waals surface area contributed by atoms with Gasteiger partial charge in [-0.3, -0.25) is 10.1 Å². The van der Waals surface area contributed by atoms with E-state index < -0.39 is 10.7 Å². The summed E-state index contributed by atoms with van der Waals surface area (Å²) in [6, 6.07) is 2.99. The van der Waals surface area contributed by atoms with E-state index in [1.54, 1.807) is 0 Å². The first-order valence-corrected chi connectivity index (χ1v) is 2.96. The van der Waals surface area contributed by atoms with E-state index in [4.69, 9.17) is 0 Å². The molecule has 5 nitrogen and oxygen atoms in total. The molecule has 1 aromatic heterocycles. The summed E-state index contributed by atoms with van der Waals surface area (Å²) in [7, 11) is 0. The highest BCUT2D eigenvalue weighted by atomic mass is 16.6. The second kappa shape index (κ2) is 2.53. The first-order valence-electron chi connectivity index (χ1n) is 2.96. The number of nitrogens with zero attached hydrogens (tertiary/aromatic N) is 2. The summed E-state index contributed by atoms with van der Waals surface area (Å²) < 4.78 is 0.245. The Morgan fingerprint density at radius 3 is 2.64 bits per heavy atom. The van der Waals surface area contributed by atoms with Crippen molar-refractivity contribution in [2.24, 2.45) is 0 Å². The highest BCUT2D eigenvalue weighted by Crippen LogP contribution is 2.09. The average molecular weight is 154 g/mol. The molecule has 11 heavy (non-hydrogen) atoms. The zero-order valence-corrected chi connectivity index (χ0v) is 5.85. The third-order valence-electron chi connectivity index (χ3n) is 1.30. The fourth-order valence-corrected chi connectivity index (χ4v) is 0.809. The van der Waals surface area contributed by atoms with Crippen molar-refractivity contribution in [1.82, 2.24) is 0 Å². The number of hydrogen-bond donors (Lipinski definition) is 0. The van der Waals surface area contributed by atoms with Crippen LogP contribution in [-0.2, 0) is 0 Å². The minimum Gasteiger partial charge on any atom is -0.614 e. The Labute approximate surface area is 62.6 Å². The monoisotopic (exact) mass is 154 g/mol. The van der Waals surface area contributed by atoms with Crippen molar-refractivity contribution in [2.75, 3.05) is 0 Å². The second-order valence-corrected chi connectivity index (χ2v) is 2.10. The molecule has 1 aromatic rings. The summed E-state index contributed by atoms with van der Waals surface area (Å²) in [6.07, 6.45) is 1.10. The van der Waals surface area contributed by atoms with Crippen LogP contribution < -0.4 is 4.73 Å². The largest absolute Gasteiger partial charge is 0.614 e. The molecule has 0 aliphatic heterocycles. The maximum atomic E-state index is 10.8. The van der Waals surface area contributed by atoms with Gasteiger partial charge in [0.2, 0.25) is 0 Å². The van der Waals surface area contributed by atoms with Gasteiger partial charge in [-0.1, -0.05) is 0 Å². The molecule has 0 unspecified atom stereocenters. The lowest BCUT2D eigenvalue weighted by molar-refractivity contribution is -0.665. The van der Waals surface area contributed by atoms with Crippen LogP contribution in [-0.4, -0.2) is 4.92 Å². The van der Waals surface area contributed by atoms with E-state index in [0.717, 1.165) is 6.20 Å². The fourth-order valence-electron chi connectivity index (χ4n) is 0.809. The van der Waals surface area contributed by atoms with E-state index in [0.29, 0.717) is 5.56 Å². The molecule has 1 rings (SSSR count). The topological polar surface area (TPSA) is 70.1 Å². The minimum absolute atomic E-state index is 0.245. The molecule has 0 saturated carbocycles. The van der Waals surface area contributed by atoms with Gasteiger partial charge < -0.3 is 5.21 Å². The van der Waals surface area contributed by atoms with Gasteiger partial charge >= 0.3 is 5.82 Å². The molecule has 0 spiro atoms. The number of aromatic nitrogens is 1. The quantitative estimate of drug-likeness (QED) is 0.256. The Kier molecular flexibility index (Phi) is 1.72. The molecule has 0 amide bonds. The van der Waals surface area contributed by atoms with Crippen LogP contribution in [0.1, 0.15) is 5.56 Å². The van der Waals surface area contributed by atoms with Crippen molar-refractivity contribution in [3.63, 3.8) is 0 Å². The molecule has 5 heteroatoms. The fraction of sp³-hybridized carbons (Fsp3) is 0.167. The molecule has 0 saturated heterocycles. The van der Waals surface area contributed by atoms with Gasteiger partial charge in [0, 0.05) is 6.07 Å². The molecule has 0 atom stereocenters. The lowest BCUT2D eigenvalue weighted by Gasteiger charge is -1.96. The summed E-state index contributed by atoms with van der Waals surface area (Å²) in [4.78, 5) is 9.54. The molecule has 0 aromatic carbocycles. The van der Waals surface area contributed by atoms with E-state index >= 15 is 0 Å². The van der Waals surface area contributed by atoms with Crippen LogP contribution in [0.5, 0.6) is 0 Å². The summed E-state index contributed by atoms with van der Waals surface area (Å²) in [5.74, 6) is -0.410. The maximum Gasteiger partial charge on any atom is 0.515 e. The van der Waals surface area contributed by atoms with E-state index in [9.17, 15) is 15.3 Å². The van der Waals surface area contributed by atoms with Gasteiger partial charge in [-0.2, -0.15) is 0 Å². The molecule has 0 aliphatic carbocycles. The van der Waals surface area contributed by atoms with E-state index in [1.807, 2.05) is 0 Å². The highest BCUT2D eigenvalue weighted by Gasteiger charge is 2.20. The SMILES string of the molecule is Cc1ccc[n+]([O-])c1[N+](=O)[O-]. The Morgan fingerprint density at radius 1 is 1.64 bits per heavy atom. The zero-order chi connectivity index (χ0) is 8.43. The number of pyridine rings is 1. The molecular weight excluding hydrogens is 148 g/mol. The van der Waals surface area contributed by atoms with Crippen LogP contribution in [0.4, 0.5) is 5.82 Å². The van der Waals surface area contributed by atoms with Crippen molar-refractivity contribution in [1.29, 1.82) is 0 Å². The molecular formula is C6H6N2O3. The van der Waals surface area contributed by atoms with Crippen molar-refractivity contribution in [3.05, 3.63) is 39.2 Å². The van der Waals surface area contributed by atoms with Crippen molar-refractivity contribution >= 4 is 5.82 Å². The maximum absolute atomic E-state index is 10.8. The minimum atomic E-state index is -0.692. The third-order valence-corrected chi connectivity index (χ3v) is 1.30. The van der Waals surface area contributed by atoms with E-state index in [1.165, 1.54) is 19.1 Å². The first kappa shape index (κ1) is 7.46. The van der Waals surface area contributed by atoms with Gasteiger partial charge in [-0.25, -0.2) is 0 Å². The summed E-state index contributed by atoms with van der Waals surface area (Å²) in [5.41, 5.74) is 0.368. The molecule has 0 aliphatic rings. The number of rotatable bonds is 1. The molecule has 0 radical (unpaired) electrons. The zero-order valence-electron chi connectivity index (χ0n) is 5.85. The normalized spacial score (nSPS) is 9.55. The standard InChI is InChI=1S/C6H6N2O3/c1-5-3-2-4-7(9)6(5)8(10)11/h2-4H,1H3. The van der Waals surface area contributed by atoms with E-state index in [2.05, 4.69) is 0 Å². The van der Waals surface area contributed by atoms with E-state index in [-0.39, 0.29) is 4.73 Å². The van der Waals surface area contributed by atoms with Crippen LogP contribution >= 0.6 is 0 Å². The van der Waals surface area contributed by atoms with Gasteiger partial charge in [0.25, 0.3) is 0 Å². The van der Waals surface area contributed by atoms with Crippen molar-refractivity contribution < 1.29 is 9.65 Å². The molecule has 58 valence electrons. The molecule has 0 fully saturated rings. The number of aryl methyl sites for hydroxylation is 1. The predicted molar refractivity (Wildman–Crippen MR) is 36.8 cm³/mol. The lowest BCUT2D eigenvalue weighted by atomic mass is 10.3. The number of hydrogen-bond acceptors (Lipinski definition) is 3. The second-order valence-electron chi connectivity index (χ2n) is 2.10. The van der Waals surface area contributed by atoms with Gasteiger partial charge in [-0.15, -0.1) is 4.73 Å². The predicted octanol–water partition coefficient (Wildman–Crippen LogP) is 0.537. The smallest absolute Gasteiger partial charge is 0.515 e. The first-order chi connectivity index (χ1) is 5.13. The lowest BCUT2D eigenvalue weighted by Crippen LogP contribution is -2.29. The molecule has 1 heterocycles. The summed E-state index contributed by atoms with van der Waals surface area (Å²) in [5, 5.41) is 21.0. The highest BCUT2D eigenvalue weighted by molar-refractivity contribution is 5.24. The third kappa shape index (κ3) is 1.26. The Hall–Kier alpha value is -1.65. The van der Waals surface area contributed by atoms with Gasteiger partial charge in [0.05, 0.1) is 5.56 Å². The average Bonchev–Trinajstić information content (AvgIpc) is 1.85. The van der Waals surface area contributed by atoms with Crippen molar-refractivity contribution in [2.45, 2.75) is 6.92 Å². The van der Waals surface area contributed by atoms with Gasteiger partial charge in [0.1, 0.15) is 4.92 Å². The van der Waals surface area contributed by atoms with Crippen LogP contribution in [0.2, 0.25) is 0 Å². The van der Waals surface area contributed by atoms with Crippen LogP contribution in [0.25, 0.3) is 0 Å². The van der Waals surface area contributed by atoms with Crippen molar-refractivity contribution in [3.8, 4) is 0 Å². The Bertz CT molecular complexity index is 278. The van der Waals surface area contributed by atoms with Crippen LogP contribution in [0, 0.1) is 22.2 Å². The molecule has 0 bridgehead atoms.